The van der Waals surface area contributed by atoms with Crippen LogP contribution in [-0.4, -0.2) is 252 Å². The summed E-state index contributed by atoms with van der Waals surface area (Å²) >= 11 is 0. The lowest BCUT2D eigenvalue weighted by Gasteiger charge is -2.28. The van der Waals surface area contributed by atoms with Gasteiger partial charge in [0.05, 0.1) is 32.3 Å². The number of aliphatic hydroxyl groups is 2. The van der Waals surface area contributed by atoms with Crippen LogP contribution in [0.25, 0.3) is 10.9 Å². The predicted molar refractivity (Wildman–Crippen MR) is 374 cm³/mol. The molecule has 0 bridgehead atoms. The van der Waals surface area contributed by atoms with Gasteiger partial charge in [-0.1, -0.05) is 72.6 Å². The number of nitrogens with two attached hydrogens (primary N) is 2. The zero-order valence-corrected chi connectivity index (χ0v) is 60.6. The van der Waals surface area contributed by atoms with Gasteiger partial charge in [0, 0.05) is 55.6 Å². The van der Waals surface area contributed by atoms with Crippen molar-refractivity contribution in [3.8, 4) is 0 Å². The van der Waals surface area contributed by atoms with Gasteiger partial charge in [0.15, 0.2) is 0 Å². The van der Waals surface area contributed by atoms with Crippen molar-refractivity contribution >= 4 is 123 Å². The summed E-state index contributed by atoms with van der Waals surface area (Å²) in [5.41, 5.74) is 12.4. The number of aromatic nitrogens is 1. The number of carboxylic acid groups (broad SMARTS) is 5. The first-order valence-corrected chi connectivity index (χ1v) is 34.5. The van der Waals surface area contributed by atoms with Crippen LogP contribution in [0.1, 0.15) is 131 Å². The fourth-order valence-electron chi connectivity index (χ4n) is 10.1. The van der Waals surface area contributed by atoms with E-state index in [1.54, 1.807) is 45.0 Å². The third-order valence-corrected chi connectivity index (χ3v) is 17.0. The minimum atomic E-state index is -1.96. The summed E-state index contributed by atoms with van der Waals surface area (Å²) in [6.45, 7) is 6.05. The summed E-state index contributed by atoms with van der Waals surface area (Å²) in [6, 6.07) is -13.0. The lowest BCUT2D eigenvalue weighted by atomic mass is 9.97. The Bertz CT molecular complexity index is 3550. The molecule has 0 aliphatic rings. The molecule has 42 heteroatoms. The molecule has 25 N–H and O–H groups in total. The van der Waals surface area contributed by atoms with Crippen LogP contribution < -0.4 is 80.6 Å². The van der Waals surface area contributed by atoms with Crippen LogP contribution in [0.5, 0.6) is 0 Å². The Morgan fingerprint density at radius 3 is 1.20 bits per heavy atom. The summed E-state index contributed by atoms with van der Waals surface area (Å²) in [7, 11) is 0. The van der Waals surface area contributed by atoms with Gasteiger partial charge in [-0.05, 0) is 68.4 Å². The molecule has 600 valence electrons. The summed E-state index contributed by atoms with van der Waals surface area (Å²) in [4.78, 5) is 250. The Balaban J connectivity index is 2.29. The third-order valence-electron chi connectivity index (χ3n) is 17.0. The number of carbonyl (C=O) groups excluding carboxylic acids is 14. The van der Waals surface area contributed by atoms with E-state index in [0.717, 1.165) is 6.92 Å². The maximum Gasteiger partial charge on any atom is 0.325 e. The van der Waals surface area contributed by atoms with Gasteiger partial charge in [-0.2, -0.15) is 0 Å². The average Bonchev–Trinajstić information content (AvgIpc) is 1.64. The highest BCUT2D eigenvalue weighted by atomic mass is 16.4. The molecular formula is C66H100N16O26. The van der Waals surface area contributed by atoms with Gasteiger partial charge in [-0.15, -0.1) is 0 Å². The van der Waals surface area contributed by atoms with Gasteiger partial charge in [0.2, 0.25) is 82.7 Å². The van der Waals surface area contributed by atoms with Gasteiger partial charge >= 0.3 is 29.8 Å². The number of carbonyl (C=O) groups is 19. The summed E-state index contributed by atoms with van der Waals surface area (Å²) < 4.78 is 0. The molecule has 1 aromatic carbocycles. The van der Waals surface area contributed by atoms with Crippen molar-refractivity contribution in [1.29, 1.82) is 0 Å². The van der Waals surface area contributed by atoms with Gasteiger partial charge in [0.25, 0.3) is 0 Å². The van der Waals surface area contributed by atoms with Gasteiger partial charge in [-0.3, -0.25) is 91.1 Å². The molecule has 14 atom stereocenters. The van der Waals surface area contributed by atoms with Crippen LogP contribution in [0.3, 0.4) is 0 Å². The van der Waals surface area contributed by atoms with Crippen molar-refractivity contribution in [3.63, 3.8) is 0 Å². The molecule has 0 spiro atoms. The molecule has 2 aromatic rings. The molecule has 1 heterocycles. The highest BCUT2D eigenvalue weighted by molar-refractivity contribution is 6.00. The molecule has 0 radical (unpaired) electrons. The van der Waals surface area contributed by atoms with Crippen molar-refractivity contribution in [2.75, 3.05) is 26.3 Å². The van der Waals surface area contributed by atoms with E-state index in [9.17, 15) is 127 Å². The normalized spacial score (nSPS) is 15.0. The third kappa shape index (κ3) is 32.5. The molecule has 0 aliphatic heterocycles. The van der Waals surface area contributed by atoms with Crippen molar-refractivity contribution in [2.45, 2.75) is 204 Å². The maximum atomic E-state index is 14.4. The number of aliphatic carboxylic acids is 5. The maximum absolute atomic E-state index is 14.4. The minimum absolute atomic E-state index is 0.142. The zero-order chi connectivity index (χ0) is 81.8. The number of H-pyrrole nitrogens is 1. The van der Waals surface area contributed by atoms with E-state index in [1.807, 2.05) is 0 Å². The van der Waals surface area contributed by atoms with E-state index < -0.39 is 287 Å². The number of hydrogen-bond donors (Lipinski definition) is 23. The number of aromatic amines is 1. The second-order valence-corrected chi connectivity index (χ2v) is 25.8. The van der Waals surface area contributed by atoms with E-state index in [2.05, 4.69) is 74.1 Å². The quantitative estimate of drug-likeness (QED) is 0.0293. The Labute approximate surface area is 618 Å². The molecule has 0 unspecified atom stereocenters. The highest BCUT2D eigenvalue weighted by Crippen LogP contribution is 2.20. The molecular weight excluding hydrogens is 1430 g/mol. The molecule has 1 aromatic heterocycles. The summed E-state index contributed by atoms with van der Waals surface area (Å²) in [5, 5.41) is 97.8. The highest BCUT2D eigenvalue weighted by Gasteiger charge is 2.38. The van der Waals surface area contributed by atoms with Crippen LogP contribution >= 0.6 is 0 Å². The molecule has 108 heavy (non-hydrogen) atoms. The van der Waals surface area contributed by atoms with E-state index in [-0.39, 0.29) is 18.8 Å². The topological polar surface area (TPSA) is 690 Å². The van der Waals surface area contributed by atoms with E-state index >= 15 is 0 Å². The van der Waals surface area contributed by atoms with Crippen molar-refractivity contribution in [3.05, 3.63) is 36.0 Å². The van der Waals surface area contributed by atoms with Crippen molar-refractivity contribution in [1.82, 2.24) is 74.1 Å². The second kappa shape index (κ2) is 46.5. The minimum Gasteiger partial charge on any atom is -0.481 e. The first-order valence-electron chi connectivity index (χ1n) is 34.5. The van der Waals surface area contributed by atoms with E-state index in [4.69, 9.17) is 11.5 Å². The average molecular weight is 1530 g/mol. The van der Waals surface area contributed by atoms with Crippen LogP contribution in [0.15, 0.2) is 30.5 Å². The molecule has 0 saturated carbocycles. The fourth-order valence-corrected chi connectivity index (χ4v) is 10.1. The molecule has 0 fully saturated rings. The molecule has 2 rings (SSSR count). The Hall–Kier alpha value is -11.4. The predicted octanol–water partition coefficient (Wildman–Crippen LogP) is -6.84. The largest absolute Gasteiger partial charge is 0.481 e. The van der Waals surface area contributed by atoms with E-state index in [0.29, 0.717) is 22.9 Å². The first-order chi connectivity index (χ1) is 50.7. The lowest BCUT2D eigenvalue weighted by molar-refractivity contribution is -0.142. The van der Waals surface area contributed by atoms with Crippen LogP contribution in [-0.2, 0) is 97.5 Å². The number of amides is 14. The lowest BCUT2D eigenvalue weighted by Crippen LogP contribution is -2.60. The molecule has 0 saturated heterocycles. The number of primary amides is 1. The Morgan fingerprint density at radius 1 is 0.407 bits per heavy atom. The van der Waals surface area contributed by atoms with E-state index in [1.165, 1.54) is 27.0 Å². The van der Waals surface area contributed by atoms with Gasteiger partial charge < -0.3 is 121 Å². The monoisotopic (exact) mass is 1530 g/mol. The molecule has 42 nitrogen and oxygen atoms in total. The smallest absolute Gasteiger partial charge is 0.325 e. The zero-order valence-electron chi connectivity index (χ0n) is 60.6. The molecule has 0 aliphatic carbocycles. The van der Waals surface area contributed by atoms with Gasteiger partial charge in [-0.25, -0.2) is 0 Å². The fraction of sp³-hybridized carbons (Fsp3) is 0.591. The number of aliphatic hydroxyl groups excluding tert-OH is 2. The second-order valence-electron chi connectivity index (χ2n) is 25.8. The van der Waals surface area contributed by atoms with Gasteiger partial charge in [0.1, 0.15) is 66.5 Å². The SMILES string of the molecule is CC[C@H](C)[C@H](N)C(=O)N[C@@H](CCC(=O)O)C(=O)N[C@@H](Cc1c[nH]c2ccccc12)C(=O)N[C@@H](CCC(=O)O)C(=O)NCC(=O)N[C@H](C(=O)N[C@@H](CCC(=O)O)C(=O)N[C@@H](CO)C(=O)NCC(=O)N[C@@H](CO)C(=O)N[C@H](C(=O)N[C@@H](CCC(=O)O)C(=O)N[C@@H](CCC(N)=O)C(=O)N[C@@H](C)C(=O)O)C(C)C)[C@@H](C)CC. The number of nitrogens with one attached hydrogen (secondary N) is 14. The van der Waals surface area contributed by atoms with Crippen LogP contribution in [0.4, 0.5) is 0 Å². The van der Waals surface area contributed by atoms with Crippen molar-refractivity contribution < 1.29 is 127 Å². The van der Waals surface area contributed by atoms with Crippen LogP contribution in [0.2, 0.25) is 0 Å². The number of benzene rings is 1. The molecule has 14 amide bonds. The van der Waals surface area contributed by atoms with Crippen molar-refractivity contribution in [2.24, 2.45) is 29.2 Å². The number of para-hydroxylation sites is 1. The Morgan fingerprint density at radius 2 is 0.769 bits per heavy atom. The number of carboxylic acids is 5. The van der Waals surface area contributed by atoms with Crippen LogP contribution in [0, 0.1) is 17.8 Å². The first kappa shape index (κ1) is 92.7. The summed E-state index contributed by atoms with van der Waals surface area (Å²) in [6.07, 6.45) is -4.38. The number of rotatable bonds is 51. The number of hydrogen-bond acceptors (Lipinski definition) is 22. The Kier molecular flexibility index (Phi) is 39.9. The summed E-state index contributed by atoms with van der Waals surface area (Å²) in [5.74, 6) is -24.8. The number of fused-ring (bicyclic) bond motifs is 1. The standard InChI is InChI=1S/C66H100N16O26/c1-8-31(5)52(68)63(104)76-39(16-21-49(90)91)59(100)79-42(24-34-25-69-36-13-11-10-12-35(34)36)61(102)74-37(15-20-48(88)89)55(96)70-27-47(87)81-54(32(6)9-2)65(106)78-41(18-23-51(94)95)60(101)80-43(28-83)56(97)71-26-46(86)73-44(29-84)62(103)82-53(30(3)4)64(105)77-40(17-22-50(92)93)58(99)75-38(14-19-45(67)85)57(98)72-33(7)66(107)108/h10-13,25,30-33,37-44,52-54,69,83-84H,8-9,14-24,26-29,68H2,1-7H3,(H2,67,85)(H,70,96)(H,71,97)(H,72,98)(H,73,86)(H,74,102)(H,75,99)(H,76,104)(H,77,105)(H,78,106)(H,79,100)(H,80,101)(H,81,87)(H,82,103)(H,88,89)(H,90,91)(H,92,93)(H,94,95)(H,107,108)/t31-,32-,33-,37-,38-,39-,40-,41-,42-,43-,44-,52-,53-,54-/m0/s1.